The molecule has 3 N–H and O–H groups in total. The van der Waals surface area contributed by atoms with Gasteiger partial charge in [-0.2, -0.15) is 0 Å². The van der Waals surface area contributed by atoms with E-state index in [9.17, 15) is 4.79 Å². The third-order valence-corrected chi connectivity index (χ3v) is 3.76. The summed E-state index contributed by atoms with van der Waals surface area (Å²) in [6, 6.07) is -0.300. The van der Waals surface area contributed by atoms with Crippen molar-refractivity contribution in [3.05, 3.63) is 16.1 Å². The number of urea groups is 1. The number of aromatic nitrogens is 1. The molecule has 0 aromatic carbocycles. The molecule has 1 aromatic rings. The number of aliphatic hydroxyl groups excluding tert-OH is 1. The molecule has 0 saturated carbocycles. The van der Waals surface area contributed by atoms with E-state index < -0.39 is 0 Å². The first-order valence-electron chi connectivity index (χ1n) is 6.17. The highest BCUT2D eigenvalue weighted by Crippen LogP contribution is 2.18. The van der Waals surface area contributed by atoms with Crippen molar-refractivity contribution in [3.8, 4) is 0 Å². The molecule has 102 valence electrons. The summed E-state index contributed by atoms with van der Waals surface area (Å²) in [7, 11) is 0. The molecule has 0 aliphatic carbocycles. The summed E-state index contributed by atoms with van der Waals surface area (Å²) in [6.07, 6.45) is 3.18. The fourth-order valence-corrected chi connectivity index (χ4v) is 2.37. The number of carbonyl (C=O) groups is 1. The predicted molar refractivity (Wildman–Crippen MR) is 72.7 cm³/mol. The molecule has 18 heavy (non-hydrogen) atoms. The number of aliphatic hydroxyl groups is 1. The molecule has 1 aromatic heterocycles. The first kappa shape index (κ1) is 14.9. The zero-order valence-corrected chi connectivity index (χ0v) is 11.9. The van der Waals surface area contributed by atoms with Gasteiger partial charge in [0.05, 0.1) is 6.04 Å². The Morgan fingerprint density at radius 1 is 1.56 bits per heavy atom. The average molecular weight is 271 g/mol. The number of nitrogens with zero attached hydrogens (tertiary/aromatic N) is 1. The van der Waals surface area contributed by atoms with Crippen LogP contribution in [0.25, 0.3) is 0 Å². The van der Waals surface area contributed by atoms with Crippen molar-refractivity contribution in [3.63, 3.8) is 0 Å². The van der Waals surface area contributed by atoms with E-state index in [0.717, 1.165) is 16.3 Å². The van der Waals surface area contributed by atoms with Crippen LogP contribution in [-0.4, -0.2) is 28.8 Å². The molecule has 0 fully saturated rings. The van der Waals surface area contributed by atoms with E-state index in [0.29, 0.717) is 6.42 Å². The number of hydrogen-bond acceptors (Lipinski definition) is 4. The molecular formula is C12H21N3O2S. The highest BCUT2D eigenvalue weighted by atomic mass is 32.1. The third-order valence-electron chi connectivity index (χ3n) is 2.66. The maximum absolute atomic E-state index is 11.8. The van der Waals surface area contributed by atoms with Gasteiger partial charge < -0.3 is 15.7 Å². The van der Waals surface area contributed by atoms with Gasteiger partial charge in [-0.3, -0.25) is 0 Å². The number of hydrogen-bond donors (Lipinski definition) is 3. The summed E-state index contributed by atoms with van der Waals surface area (Å²) in [5.41, 5.74) is 0. The lowest BCUT2D eigenvalue weighted by Gasteiger charge is -2.18. The van der Waals surface area contributed by atoms with E-state index >= 15 is 0 Å². The van der Waals surface area contributed by atoms with E-state index in [2.05, 4.69) is 15.6 Å². The van der Waals surface area contributed by atoms with Crippen LogP contribution in [0.3, 0.4) is 0 Å². The minimum Gasteiger partial charge on any atom is -0.396 e. The van der Waals surface area contributed by atoms with Crippen LogP contribution in [0.2, 0.25) is 0 Å². The van der Waals surface area contributed by atoms with Crippen molar-refractivity contribution in [1.29, 1.82) is 0 Å². The van der Waals surface area contributed by atoms with Gasteiger partial charge in [0.2, 0.25) is 0 Å². The molecule has 6 heteroatoms. The van der Waals surface area contributed by atoms with Gasteiger partial charge >= 0.3 is 6.03 Å². The van der Waals surface area contributed by atoms with Gasteiger partial charge in [-0.1, -0.05) is 6.92 Å². The van der Waals surface area contributed by atoms with Gasteiger partial charge in [0.1, 0.15) is 5.01 Å². The van der Waals surface area contributed by atoms with Crippen molar-refractivity contribution in [2.75, 3.05) is 6.61 Å². The number of aryl methyl sites for hydroxylation is 1. The maximum Gasteiger partial charge on any atom is 0.315 e. The van der Waals surface area contributed by atoms with Crippen LogP contribution in [0.4, 0.5) is 4.79 Å². The molecule has 1 rings (SSSR count). The minimum atomic E-state index is -0.212. The van der Waals surface area contributed by atoms with E-state index in [1.54, 1.807) is 17.5 Å². The fourth-order valence-electron chi connectivity index (χ4n) is 1.59. The van der Waals surface area contributed by atoms with Crippen molar-refractivity contribution in [2.45, 2.75) is 45.7 Å². The van der Waals surface area contributed by atoms with E-state index in [-0.39, 0.29) is 24.7 Å². The number of carbonyl (C=O) groups excluding carboxylic acids is 1. The fraction of sp³-hybridized carbons (Fsp3) is 0.667. The van der Waals surface area contributed by atoms with Crippen LogP contribution in [0.15, 0.2) is 6.20 Å². The first-order chi connectivity index (χ1) is 8.56. The Balaban J connectivity index is 2.44. The molecule has 2 unspecified atom stereocenters. The molecule has 2 amide bonds. The van der Waals surface area contributed by atoms with E-state index in [4.69, 9.17) is 5.11 Å². The van der Waals surface area contributed by atoms with Crippen molar-refractivity contribution < 1.29 is 9.90 Å². The molecule has 0 spiro atoms. The summed E-state index contributed by atoms with van der Waals surface area (Å²) in [6.45, 7) is 5.96. The first-order valence-corrected chi connectivity index (χ1v) is 6.98. The summed E-state index contributed by atoms with van der Waals surface area (Å²) in [4.78, 5) is 17.1. The lowest BCUT2D eigenvalue weighted by atomic mass is 10.2. The van der Waals surface area contributed by atoms with Crippen molar-refractivity contribution in [1.82, 2.24) is 15.6 Å². The quantitative estimate of drug-likeness (QED) is 0.740. The Morgan fingerprint density at radius 2 is 2.28 bits per heavy atom. The number of amides is 2. The lowest BCUT2D eigenvalue weighted by Crippen LogP contribution is -2.43. The highest BCUT2D eigenvalue weighted by molar-refractivity contribution is 7.11. The summed E-state index contributed by atoms with van der Waals surface area (Å²) in [5.74, 6) is 0. The number of thiazole rings is 1. The van der Waals surface area contributed by atoms with Crippen LogP contribution >= 0.6 is 11.3 Å². The number of rotatable bonds is 6. The number of nitrogens with one attached hydrogen (secondary N) is 2. The van der Waals surface area contributed by atoms with Gasteiger partial charge in [-0.05, 0) is 26.7 Å². The Hall–Kier alpha value is -1.14. The minimum absolute atomic E-state index is 0.0141. The van der Waals surface area contributed by atoms with Gasteiger partial charge in [-0.25, -0.2) is 9.78 Å². The topological polar surface area (TPSA) is 74.2 Å². The second-order valence-electron chi connectivity index (χ2n) is 4.27. The van der Waals surface area contributed by atoms with Crippen LogP contribution in [-0.2, 0) is 0 Å². The summed E-state index contributed by atoms with van der Waals surface area (Å²) >= 11 is 1.58. The van der Waals surface area contributed by atoms with Crippen molar-refractivity contribution in [2.24, 2.45) is 0 Å². The standard InChI is InChI=1S/C12H21N3O2S/c1-4-10(5-6-16)15-12(17)14-9(3)11-13-7-8(2)18-11/h7,9-10,16H,4-6H2,1-3H3,(H2,14,15,17). The molecule has 0 aliphatic rings. The third kappa shape index (κ3) is 4.62. The molecule has 0 bridgehead atoms. The zero-order chi connectivity index (χ0) is 13.5. The SMILES string of the molecule is CCC(CCO)NC(=O)NC(C)c1ncc(C)s1. The molecule has 2 atom stereocenters. The predicted octanol–water partition coefficient (Wildman–Crippen LogP) is 1.97. The van der Waals surface area contributed by atoms with Crippen LogP contribution in [0, 0.1) is 6.92 Å². The normalized spacial score (nSPS) is 14.0. The summed E-state index contributed by atoms with van der Waals surface area (Å²) in [5, 5.41) is 15.5. The molecule has 0 aliphatic heterocycles. The Kier molecular flexibility index (Phi) is 6.07. The Labute approximate surface area is 112 Å². The largest absolute Gasteiger partial charge is 0.396 e. The average Bonchev–Trinajstić information content (AvgIpc) is 2.75. The Morgan fingerprint density at radius 3 is 2.78 bits per heavy atom. The second kappa shape index (κ2) is 7.33. The van der Waals surface area contributed by atoms with Crippen LogP contribution in [0.1, 0.15) is 42.6 Å². The monoisotopic (exact) mass is 271 g/mol. The molecule has 0 saturated heterocycles. The van der Waals surface area contributed by atoms with Gasteiger partial charge in [-0.15, -0.1) is 11.3 Å². The van der Waals surface area contributed by atoms with Gasteiger partial charge in [0.25, 0.3) is 0 Å². The molecule has 1 heterocycles. The summed E-state index contributed by atoms with van der Waals surface area (Å²) < 4.78 is 0. The van der Waals surface area contributed by atoms with Crippen molar-refractivity contribution >= 4 is 17.4 Å². The molecule has 5 nitrogen and oxygen atoms in total. The maximum atomic E-state index is 11.8. The molecule has 0 radical (unpaired) electrons. The molecular weight excluding hydrogens is 250 g/mol. The van der Waals surface area contributed by atoms with E-state index in [1.807, 2.05) is 20.8 Å². The zero-order valence-electron chi connectivity index (χ0n) is 11.1. The van der Waals surface area contributed by atoms with Gasteiger partial charge in [0.15, 0.2) is 0 Å². The van der Waals surface area contributed by atoms with Gasteiger partial charge in [0, 0.05) is 23.7 Å². The second-order valence-corrected chi connectivity index (χ2v) is 5.53. The van der Waals surface area contributed by atoms with Crippen LogP contribution < -0.4 is 10.6 Å². The highest BCUT2D eigenvalue weighted by Gasteiger charge is 2.14. The lowest BCUT2D eigenvalue weighted by molar-refractivity contribution is 0.225. The Bertz CT molecular complexity index is 381. The smallest absolute Gasteiger partial charge is 0.315 e. The van der Waals surface area contributed by atoms with Crippen LogP contribution in [0.5, 0.6) is 0 Å². The van der Waals surface area contributed by atoms with E-state index in [1.165, 1.54) is 0 Å².